The molecular formula is C14H20F2NO5P. The number of benzene rings is 1. The summed E-state index contributed by atoms with van der Waals surface area (Å²) in [5.41, 5.74) is 0.499. The summed E-state index contributed by atoms with van der Waals surface area (Å²) >= 11 is 0. The summed E-state index contributed by atoms with van der Waals surface area (Å²) in [4.78, 5) is 30.8. The van der Waals surface area contributed by atoms with Crippen LogP contribution >= 0.6 is 7.60 Å². The van der Waals surface area contributed by atoms with Crippen molar-refractivity contribution in [2.45, 2.75) is 32.9 Å². The van der Waals surface area contributed by atoms with Gasteiger partial charge >= 0.3 is 13.6 Å². The summed E-state index contributed by atoms with van der Waals surface area (Å²) in [6, 6.07) is 4.08. The second-order valence-corrected chi connectivity index (χ2v) is 6.40. The predicted molar refractivity (Wildman–Crippen MR) is 80.6 cm³/mol. The fourth-order valence-corrected chi connectivity index (χ4v) is 2.66. The van der Waals surface area contributed by atoms with Crippen LogP contribution in [0.15, 0.2) is 24.3 Å². The molecule has 0 spiro atoms. The van der Waals surface area contributed by atoms with E-state index in [1.807, 2.05) is 0 Å². The van der Waals surface area contributed by atoms with E-state index in [9.17, 15) is 18.1 Å². The molecule has 0 unspecified atom stereocenters. The van der Waals surface area contributed by atoms with Crippen LogP contribution in [0.2, 0.25) is 0 Å². The molecule has 1 aromatic rings. The Balaban J connectivity index is 3.00. The highest BCUT2D eigenvalue weighted by atomic mass is 31.2. The molecule has 0 radical (unpaired) electrons. The molecule has 0 saturated heterocycles. The highest BCUT2D eigenvalue weighted by Crippen LogP contribution is 2.32. The third-order valence-electron chi connectivity index (χ3n) is 3.28. The van der Waals surface area contributed by atoms with Crippen molar-refractivity contribution >= 4 is 18.9 Å². The van der Waals surface area contributed by atoms with Gasteiger partial charge < -0.3 is 14.5 Å². The van der Waals surface area contributed by atoms with Crippen molar-refractivity contribution in [3.05, 3.63) is 29.8 Å². The van der Waals surface area contributed by atoms with Gasteiger partial charge in [0.25, 0.3) is 6.55 Å². The van der Waals surface area contributed by atoms with Gasteiger partial charge in [0, 0.05) is 6.54 Å². The van der Waals surface area contributed by atoms with Gasteiger partial charge in [0.2, 0.25) is 0 Å². The third kappa shape index (κ3) is 5.66. The second kappa shape index (κ2) is 8.49. The summed E-state index contributed by atoms with van der Waals surface area (Å²) in [7, 11) is -4.36. The zero-order chi connectivity index (χ0) is 17.6. The largest absolute Gasteiger partial charge is 0.465 e. The SMILES string of the molecule is CCOC(=O)[C@H](Cc1ccc(P(=O)(O)O)cc1)N(CC)C(F)F. The highest BCUT2D eigenvalue weighted by Gasteiger charge is 2.32. The Morgan fingerprint density at radius 1 is 1.26 bits per heavy atom. The maximum atomic E-state index is 13.1. The summed E-state index contributed by atoms with van der Waals surface area (Å²) in [6.45, 7) is 0.316. The molecule has 2 N–H and O–H groups in total. The Hall–Kier alpha value is -1.34. The Bertz CT molecular complexity index is 561. The van der Waals surface area contributed by atoms with Crippen LogP contribution in [0.1, 0.15) is 19.4 Å². The van der Waals surface area contributed by atoms with E-state index in [0.717, 1.165) is 4.90 Å². The van der Waals surface area contributed by atoms with Gasteiger partial charge in [-0.15, -0.1) is 0 Å². The van der Waals surface area contributed by atoms with Gasteiger partial charge in [-0.3, -0.25) is 9.36 Å². The van der Waals surface area contributed by atoms with Crippen molar-refractivity contribution in [1.82, 2.24) is 4.90 Å². The van der Waals surface area contributed by atoms with Gasteiger partial charge in [-0.05, 0) is 31.0 Å². The van der Waals surface area contributed by atoms with E-state index < -0.39 is 26.2 Å². The number of nitrogens with zero attached hydrogens (tertiary/aromatic N) is 1. The fourth-order valence-electron chi connectivity index (χ4n) is 2.12. The molecule has 23 heavy (non-hydrogen) atoms. The number of esters is 1. The van der Waals surface area contributed by atoms with Crippen molar-refractivity contribution in [2.75, 3.05) is 13.2 Å². The Morgan fingerprint density at radius 3 is 2.22 bits per heavy atom. The van der Waals surface area contributed by atoms with Crippen molar-refractivity contribution in [3.8, 4) is 0 Å². The number of carbonyl (C=O) groups is 1. The summed E-state index contributed by atoms with van der Waals surface area (Å²) < 4.78 is 42.1. The van der Waals surface area contributed by atoms with Crippen molar-refractivity contribution in [1.29, 1.82) is 0 Å². The van der Waals surface area contributed by atoms with Crippen LogP contribution in [-0.2, 0) is 20.5 Å². The van der Waals surface area contributed by atoms with E-state index in [1.165, 1.54) is 31.2 Å². The van der Waals surface area contributed by atoms with Crippen LogP contribution in [0.5, 0.6) is 0 Å². The monoisotopic (exact) mass is 351 g/mol. The molecule has 0 bridgehead atoms. The van der Waals surface area contributed by atoms with E-state index in [0.29, 0.717) is 5.56 Å². The molecule has 1 aromatic carbocycles. The zero-order valence-corrected chi connectivity index (χ0v) is 13.7. The van der Waals surface area contributed by atoms with E-state index in [2.05, 4.69) is 0 Å². The van der Waals surface area contributed by atoms with Crippen LogP contribution in [0.25, 0.3) is 0 Å². The molecule has 1 rings (SSSR count). The minimum atomic E-state index is -4.36. The second-order valence-electron chi connectivity index (χ2n) is 4.79. The molecule has 0 aliphatic heterocycles. The zero-order valence-electron chi connectivity index (χ0n) is 12.9. The molecule has 0 aliphatic rings. The van der Waals surface area contributed by atoms with Crippen LogP contribution < -0.4 is 5.30 Å². The molecule has 6 nitrogen and oxygen atoms in total. The number of halogens is 2. The lowest BCUT2D eigenvalue weighted by molar-refractivity contribution is -0.156. The maximum absolute atomic E-state index is 13.1. The summed E-state index contributed by atoms with van der Waals surface area (Å²) in [6.07, 6.45) is -0.0432. The number of hydrogen-bond donors (Lipinski definition) is 2. The van der Waals surface area contributed by atoms with E-state index in [4.69, 9.17) is 14.5 Å². The Kier molecular flexibility index (Phi) is 7.28. The number of alkyl halides is 2. The normalized spacial score (nSPS) is 13.4. The molecule has 9 heteroatoms. The lowest BCUT2D eigenvalue weighted by atomic mass is 10.0. The van der Waals surface area contributed by atoms with Crippen molar-refractivity contribution < 1.29 is 32.7 Å². The van der Waals surface area contributed by atoms with Gasteiger partial charge in [-0.1, -0.05) is 19.1 Å². The quantitative estimate of drug-likeness (QED) is 0.419. The first-order chi connectivity index (χ1) is 10.7. The van der Waals surface area contributed by atoms with Gasteiger partial charge in [0.15, 0.2) is 0 Å². The molecule has 1 atom stereocenters. The van der Waals surface area contributed by atoms with E-state index in [-0.39, 0.29) is 24.9 Å². The standard InChI is InChI=1S/C14H20F2NO5P/c1-3-17(14(15)16)12(13(18)22-4-2)9-10-5-7-11(8-6-10)23(19,20)21/h5-8,12,14H,3-4,9H2,1-2H3,(H2,19,20,21)/t12-/m0/s1. The lowest BCUT2D eigenvalue weighted by Crippen LogP contribution is -2.46. The topological polar surface area (TPSA) is 87.1 Å². The number of rotatable bonds is 8. The van der Waals surface area contributed by atoms with Gasteiger partial charge in [-0.2, -0.15) is 8.78 Å². The molecular weight excluding hydrogens is 331 g/mol. The molecule has 0 heterocycles. The van der Waals surface area contributed by atoms with Crippen molar-refractivity contribution in [3.63, 3.8) is 0 Å². The molecule has 0 aromatic heterocycles. The highest BCUT2D eigenvalue weighted by molar-refractivity contribution is 7.60. The first kappa shape index (κ1) is 19.7. The molecule has 0 aliphatic carbocycles. The van der Waals surface area contributed by atoms with Crippen LogP contribution in [0.4, 0.5) is 8.78 Å². The smallest absolute Gasteiger partial charge is 0.356 e. The summed E-state index contributed by atoms with van der Waals surface area (Å²) in [5, 5.41) is -0.171. The lowest BCUT2D eigenvalue weighted by Gasteiger charge is -2.28. The van der Waals surface area contributed by atoms with Crippen LogP contribution in [-0.4, -0.2) is 46.4 Å². The molecule has 0 fully saturated rings. The number of carbonyl (C=O) groups excluding carboxylic acids is 1. The summed E-state index contributed by atoms with van der Waals surface area (Å²) in [5.74, 6) is -0.756. The first-order valence-electron chi connectivity index (χ1n) is 7.06. The average molecular weight is 351 g/mol. The van der Waals surface area contributed by atoms with Crippen molar-refractivity contribution in [2.24, 2.45) is 0 Å². The van der Waals surface area contributed by atoms with E-state index >= 15 is 0 Å². The number of likely N-dealkylation sites (N-methyl/N-ethyl adjacent to an activating group) is 1. The van der Waals surface area contributed by atoms with Gasteiger partial charge in [0.1, 0.15) is 6.04 Å². The Labute approximate surface area is 133 Å². The number of ether oxygens (including phenoxy) is 1. The fraction of sp³-hybridized carbons (Fsp3) is 0.500. The third-order valence-corrected chi connectivity index (χ3v) is 4.25. The minimum Gasteiger partial charge on any atom is -0.465 e. The molecule has 130 valence electrons. The van der Waals surface area contributed by atoms with Crippen LogP contribution in [0.3, 0.4) is 0 Å². The van der Waals surface area contributed by atoms with Gasteiger partial charge in [-0.25, -0.2) is 4.90 Å². The molecule has 0 amide bonds. The van der Waals surface area contributed by atoms with Gasteiger partial charge in [0.05, 0.1) is 11.9 Å². The maximum Gasteiger partial charge on any atom is 0.356 e. The van der Waals surface area contributed by atoms with E-state index in [1.54, 1.807) is 6.92 Å². The minimum absolute atomic E-state index is 0.0400. The average Bonchev–Trinajstić information content (AvgIpc) is 2.46. The Morgan fingerprint density at radius 2 is 1.83 bits per heavy atom. The van der Waals surface area contributed by atoms with Crippen LogP contribution in [0, 0.1) is 0 Å². The molecule has 0 saturated carbocycles. The predicted octanol–water partition coefficient (Wildman–Crippen LogP) is 1.51. The first-order valence-corrected chi connectivity index (χ1v) is 8.67. The number of hydrogen-bond acceptors (Lipinski definition) is 4.